The Morgan fingerprint density at radius 2 is 1.70 bits per heavy atom. The molecule has 0 spiro atoms. The molecule has 0 atom stereocenters. The molecule has 0 saturated heterocycles. The fourth-order valence-corrected chi connectivity index (χ4v) is 1.98. The first-order chi connectivity index (χ1) is 9.79. The highest BCUT2D eigenvalue weighted by Gasteiger charge is 2.00. The van der Waals surface area contributed by atoms with Gasteiger partial charge in [0.25, 0.3) is 0 Å². The van der Waals surface area contributed by atoms with Crippen molar-refractivity contribution in [3.05, 3.63) is 72.4 Å². The van der Waals surface area contributed by atoms with Crippen LogP contribution < -0.4 is 5.32 Å². The Balaban J connectivity index is 1.69. The summed E-state index contributed by atoms with van der Waals surface area (Å²) in [4.78, 5) is 0. The zero-order valence-corrected chi connectivity index (χ0v) is 10.9. The maximum absolute atomic E-state index is 9.24. The van der Waals surface area contributed by atoms with Crippen LogP contribution in [0.1, 0.15) is 5.56 Å². The first-order valence-corrected chi connectivity index (χ1v) is 6.43. The molecule has 0 aliphatic carbocycles. The number of benzene rings is 2. The van der Waals surface area contributed by atoms with Gasteiger partial charge in [-0.25, -0.2) is 0 Å². The van der Waals surface area contributed by atoms with E-state index in [4.69, 9.17) is 0 Å². The Hall–Kier alpha value is -2.75. The summed E-state index contributed by atoms with van der Waals surface area (Å²) in [7, 11) is 0. The zero-order chi connectivity index (χ0) is 13.8. The molecule has 1 aromatic heterocycles. The van der Waals surface area contributed by atoms with Gasteiger partial charge in [0.2, 0.25) is 0 Å². The topological polar surface area (TPSA) is 50.1 Å². The van der Waals surface area contributed by atoms with E-state index in [1.807, 2.05) is 47.3 Å². The number of aromatic nitrogens is 2. The second-order valence-electron chi connectivity index (χ2n) is 4.56. The molecule has 0 radical (unpaired) electrons. The zero-order valence-electron chi connectivity index (χ0n) is 10.9. The molecule has 4 heteroatoms. The number of rotatable bonds is 4. The van der Waals surface area contributed by atoms with E-state index in [0.29, 0.717) is 0 Å². The SMILES string of the molecule is Oc1ccc(Nc2ccn(Cc3ccccc3)n2)cc1. The Morgan fingerprint density at radius 1 is 0.950 bits per heavy atom. The van der Waals surface area contributed by atoms with Gasteiger partial charge in [0.1, 0.15) is 5.75 Å². The summed E-state index contributed by atoms with van der Waals surface area (Å²) in [5.74, 6) is 1.04. The predicted molar refractivity (Wildman–Crippen MR) is 79.2 cm³/mol. The van der Waals surface area contributed by atoms with E-state index in [0.717, 1.165) is 18.1 Å². The van der Waals surface area contributed by atoms with Crippen LogP contribution in [0.3, 0.4) is 0 Å². The van der Waals surface area contributed by atoms with Crippen LogP contribution in [0.15, 0.2) is 66.9 Å². The van der Waals surface area contributed by atoms with Gasteiger partial charge in [0.05, 0.1) is 6.54 Å². The third kappa shape index (κ3) is 2.98. The third-order valence-electron chi connectivity index (χ3n) is 2.97. The number of hydrogen-bond acceptors (Lipinski definition) is 3. The Labute approximate surface area is 117 Å². The van der Waals surface area contributed by atoms with Gasteiger partial charge >= 0.3 is 0 Å². The van der Waals surface area contributed by atoms with Gasteiger partial charge in [-0.2, -0.15) is 5.10 Å². The molecule has 3 aromatic rings. The van der Waals surface area contributed by atoms with Crippen molar-refractivity contribution in [2.24, 2.45) is 0 Å². The molecule has 0 saturated carbocycles. The molecular weight excluding hydrogens is 250 g/mol. The van der Waals surface area contributed by atoms with E-state index in [9.17, 15) is 5.11 Å². The van der Waals surface area contributed by atoms with Crippen LogP contribution in [0.4, 0.5) is 11.5 Å². The lowest BCUT2D eigenvalue weighted by molar-refractivity contribution is 0.475. The molecule has 0 fully saturated rings. The van der Waals surface area contributed by atoms with E-state index >= 15 is 0 Å². The number of nitrogens with zero attached hydrogens (tertiary/aromatic N) is 2. The number of phenolic OH excluding ortho intramolecular Hbond substituents is 1. The van der Waals surface area contributed by atoms with Crippen LogP contribution in [-0.2, 0) is 6.54 Å². The molecule has 0 aliphatic rings. The molecule has 3 rings (SSSR count). The minimum absolute atomic E-state index is 0.255. The van der Waals surface area contributed by atoms with Gasteiger partial charge in [0, 0.05) is 18.0 Å². The Morgan fingerprint density at radius 3 is 2.45 bits per heavy atom. The lowest BCUT2D eigenvalue weighted by atomic mass is 10.2. The fraction of sp³-hybridized carbons (Fsp3) is 0.0625. The molecule has 0 amide bonds. The van der Waals surface area contributed by atoms with Gasteiger partial charge in [-0.15, -0.1) is 0 Å². The van der Waals surface area contributed by atoms with Crippen LogP contribution in [0, 0.1) is 0 Å². The highest BCUT2D eigenvalue weighted by molar-refractivity contribution is 5.56. The molecule has 0 bridgehead atoms. The van der Waals surface area contributed by atoms with Crippen molar-refractivity contribution >= 4 is 11.5 Å². The number of anilines is 2. The summed E-state index contributed by atoms with van der Waals surface area (Å²) in [6, 6.07) is 19.0. The smallest absolute Gasteiger partial charge is 0.152 e. The summed E-state index contributed by atoms with van der Waals surface area (Å²) in [6.07, 6.45) is 1.94. The lowest BCUT2D eigenvalue weighted by Gasteiger charge is -2.03. The van der Waals surface area contributed by atoms with E-state index in [2.05, 4.69) is 22.5 Å². The molecule has 100 valence electrons. The maximum Gasteiger partial charge on any atom is 0.152 e. The normalized spacial score (nSPS) is 10.4. The van der Waals surface area contributed by atoms with Crippen molar-refractivity contribution in [3.63, 3.8) is 0 Å². The van der Waals surface area contributed by atoms with E-state index < -0.39 is 0 Å². The van der Waals surface area contributed by atoms with E-state index in [1.165, 1.54) is 5.56 Å². The predicted octanol–water partition coefficient (Wildman–Crippen LogP) is 3.38. The highest BCUT2D eigenvalue weighted by Crippen LogP contribution is 2.18. The fourth-order valence-electron chi connectivity index (χ4n) is 1.98. The number of phenols is 1. The van der Waals surface area contributed by atoms with Crippen LogP contribution in [0.2, 0.25) is 0 Å². The molecule has 0 aliphatic heterocycles. The van der Waals surface area contributed by atoms with Gasteiger partial charge in [-0.3, -0.25) is 4.68 Å². The van der Waals surface area contributed by atoms with E-state index in [-0.39, 0.29) is 5.75 Å². The largest absolute Gasteiger partial charge is 0.508 e. The highest BCUT2D eigenvalue weighted by atomic mass is 16.3. The van der Waals surface area contributed by atoms with Gasteiger partial charge < -0.3 is 10.4 Å². The molecule has 1 heterocycles. The monoisotopic (exact) mass is 265 g/mol. The molecular formula is C16H15N3O. The van der Waals surface area contributed by atoms with Crippen LogP contribution >= 0.6 is 0 Å². The minimum atomic E-state index is 0.255. The minimum Gasteiger partial charge on any atom is -0.508 e. The average molecular weight is 265 g/mol. The van der Waals surface area contributed by atoms with E-state index in [1.54, 1.807) is 12.1 Å². The van der Waals surface area contributed by atoms with Gasteiger partial charge in [-0.05, 0) is 29.8 Å². The van der Waals surface area contributed by atoms with Crippen molar-refractivity contribution in [2.75, 3.05) is 5.32 Å². The summed E-state index contributed by atoms with van der Waals surface area (Å²) >= 11 is 0. The van der Waals surface area contributed by atoms with Crippen molar-refractivity contribution in [1.82, 2.24) is 9.78 Å². The molecule has 0 unspecified atom stereocenters. The van der Waals surface area contributed by atoms with Crippen LogP contribution in [0.5, 0.6) is 5.75 Å². The standard InChI is InChI=1S/C16H15N3O/c20-15-8-6-14(7-9-15)17-16-10-11-19(18-16)12-13-4-2-1-3-5-13/h1-11,20H,12H2,(H,17,18). The Bertz CT molecular complexity index is 674. The first kappa shape index (κ1) is 12.3. The molecule has 2 aromatic carbocycles. The third-order valence-corrected chi connectivity index (χ3v) is 2.97. The van der Waals surface area contributed by atoms with Crippen molar-refractivity contribution in [2.45, 2.75) is 6.54 Å². The number of nitrogens with one attached hydrogen (secondary N) is 1. The summed E-state index contributed by atoms with van der Waals surface area (Å²) in [5.41, 5.74) is 2.11. The molecule has 2 N–H and O–H groups in total. The van der Waals surface area contributed by atoms with Crippen molar-refractivity contribution in [1.29, 1.82) is 0 Å². The lowest BCUT2D eigenvalue weighted by Crippen LogP contribution is -2.01. The first-order valence-electron chi connectivity index (χ1n) is 6.43. The Kier molecular flexibility index (Phi) is 3.37. The molecule has 4 nitrogen and oxygen atoms in total. The second kappa shape index (κ2) is 5.48. The summed E-state index contributed by atoms with van der Waals surface area (Å²) < 4.78 is 1.89. The summed E-state index contributed by atoms with van der Waals surface area (Å²) in [6.45, 7) is 0.748. The van der Waals surface area contributed by atoms with Crippen molar-refractivity contribution < 1.29 is 5.11 Å². The number of aromatic hydroxyl groups is 1. The van der Waals surface area contributed by atoms with Crippen LogP contribution in [-0.4, -0.2) is 14.9 Å². The molecule has 20 heavy (non-hydrogen) atoms. The van der Waals surface area contributed by atoms with Crippen LogP contribution in [0.25, 0.3) is 0 Å². The number of hydrogen-bond donors (Lipinski definition) is 2. The van der Waals surface area contributed by atoms with Crippen molar-refractivity contribution in [3.8, 4) is 5.75 Å². The quantitative estimate of drug-likeness (QED) is 0.711. The maximum atomic E-state index is 9.24. The van der Waals surface area contributed by atoms with Gasteiger partial charge in [-0.1, -0.05) is 30.3 Å². The van der Waals surface area contributed by atoms with Gasteiger partial charge in [0.15, 0.2) is 5.82 Å². The summed E-state index contributed by atoms with van der Waals surface area (Å²) in [5, 5.41) is 16.9. The average Bonchev–Trinajstić information content (AvgIpc) is 2.90. The second-order valence-corrected chi connectivity index (χ2v) is 4.56.